The van der Waals surface area contributed by atoms with Crippen LogP contribution in [0.2, 0.25) is 0 Å². The molecule has 1 saturated carbocycles. The minimum absolute atomic E-state index is 0.298. The summed E-state index contributed by atoms with van der Waals surface area (Å²) in [6.07, 6.45) is 8.05. The van der Waals surface area contributed by atoms with E-state index in [4.69, 9.17) is 4.74 Å². The second kappa shape index (κ2) is 9.59. The third kappa shape index (κ3) is 5.25. The Morgan fingerprint density at radius 3 is 2.48 bits per heavy atom. The second-order valence-corrected chi connectivity index (χ2v) is 8.54. The molecule has 1 aromatic rings. The Kier molecular flexibility index (Phi) is 7.17. The van der Waals surface area contributed by atoms with Crippen molar-refractivity contribution in [1.29, 1.82) is 0 Å². The molecule has 2 fully saturated rings. The molecule has 1 saturated heterocycles. The highest BCUT2D eigenvalue weighted by Crippen LogP contribution is 2.27. The van der Waals surface area contributed by atoms with E-state index >= 15 is 0 Å². The molecule has 27 heavy (non-hydrogen) atoms. The zero-order valence-corrected chi connectivity index (χ0v) is 17.3. The van der Waals surface area contributed by atoms with Crippen LogP contribution in [0.1, 0.15) is 75.8 Å². The number of carbonyl (C=O) groups excluding carboxylic acids is 1. The predicted molar refractivity (Wildman–Crippen MR) is 110 cm³/mol. The fourth-order valence-electron chi connectivity index (χ4n) is 4.43. The third-order valence-corrected chi connectivity index (χ3v) is 6.32. The molecule has 0 aromatic heterocycles. The molecule has 1 aliphatic carbocycles. The van der Waals surface area contributed by atoms with Gasteiger partial charge >= 0.3 is 0 Å². The minimum atomic E-state index is 0.298. The van der Waals surface area contributed by atoms with Crippen molar-refractivity contribution in [2.24, 2.45) is 5.92 Å². The van der Waals surface area contributed by atoms with Crippen LogP contribution in [-0.2, 0) is 11.3 Å². The van der Waals surface area contributed by atoms with Crippen LogP contribution in [0.25, 0.3) is 0 Å². The van der Waals surface area contributed by atoms with Crippen molar-refractivity contribution in [2.75, 3.05) is 20.2 Å². The van der Waals surface area contributed by atoms with Gasteiger partial charge in [0.1, 0.15) is 5.75 Å². The van der Waals surface area contributed by atoms with Gasteiger partial charge in [-0.1, -0.05) is 45.2 Å². The largest absolute Gasteiger partial charge is 0.496 e. The summed E-state index contributed by atoms with van der Waals surface area (Å²) in [5.41, 5.74) is 2.52. The average Bonchev–Trinajstić information content (AvgIpc) is 2.72. The molecule has 0 atom stereocenters. The van der Waals surface area contributed by atoms with Crippen molar-refractivity contribution in [3.8, 4) is 5.75 Å². The number of likely N-dealkylation sites (tertiary alicyclic amines) is 1. The van der Waals surface area contributed by atoms with Crippen molar-refractivity contribution in [3.05, 3.63) is 29.3 Å². The smallest absolute Gasteiger partial charge is 0.225 e. The lowest BCUT2D eigenvalue weighted by atomic mass is 9.87. The van der Waals surface area contributed by atoms with E-state index < -0.39 is 0 Å². The van der Waals surface area contributed by atoms with Crippen LogP contribution in [0.4, 0.5) is 0 Å². The van der Waals surface area contributed by atoms with Gasteiger partial charge in [-0.2, -0.15) is 0 Å². The van der Waals surface area contributed by atoms with Gasteiger partial charge in [0.2, 0.25) is 5.91 Å². The van der Waals surface area contributed by atoms with Crippen LogP contribution >= 0.6 is 0 Å². The molecule has 1 aliphatic heterocycles. The first-order valence-electron chi connectivity index (χ1n) is 10.8. The Morgan fingerprint density at radius 1 is 1.15 bits per heavy atom. The minimum Gasteiger partial charge on any atom is -0.496 e. The van der Waals surface area contributed by atoms with Crippen molar-refractivity contribution in [1.82, 2.24) is 10.2 Å². The van der Waals surface area contributed by atoms with Crippen LogP contribution < -0.4 is 10.1 Å². The van der Waals surface area contributed by atoms with Gasteiger partial charge in [-0.25, -0.2) is 0 Å². The van der Waals surface area contributed by atoms with E-state index in [1.807, 2.05) is 0 Å². The maximum absolute atomic E-state index is 12.7. The Balaban J connectivity index is 1.47. The fourth-order valence-corrected chi connectivity index (χ4v) is 4.43. The molecular formula is C23H36N2O2. The number of piperidine rings is 1. The molecule has 1 heterocycles. The number of hydrogen-bond donors (Lipinski definition) is 1. The van der Waals surface area contributed by atoms with Gasteiger partial charge < -0.3 is 15.0 Å². The Morgan fingerprint density at radius 2 is 1.85 bits per heavy atom. The molecule has 150 valence electrons. The van der Waals surface area contributed by atoms with Crippen molar-refractivity contribution in [3.63, 3.8) is 0 Å². The molecule has 1 amide bonds. The van der Waals surface area contributed by atoms with E-state index in [9.17, 15) is 4.79 Å². The van der Waals surface area contributed by atoms with Crippen LogP contribution in [0, 0.1) is 5.92 Å². The summed E-state index contributed by atoms with van der Waals surface area (Å²) in [5, 5.41) is 3.68. The average molecular weight is 373 g/mol. The molecule has 4 nitrogen and oxygen atoms in total. The lowest BCUT2D eigenvalue weighted by molar-refractivity contribution is -0.137. The van der Waals surface area contributed by atoms with Crippen LogP contribution in [-0.4, -0.2) is 37.0 Å². The van der Waals surface area contributed by atoms with E-state index in [0.717, 1.165) is 51.1 Å². The number of methoxy groups -OCH3 is 1. The van der Waals surface area contributed by atoms with Gasteiger partial charge in [0.05, 0.1) is 7.11 Å². The van der Waals surface area contributed by atoms with Crippen molar-refractivity contribution >= 4 is 5.91 Å². The Hall–Kier alpha value is -1.55. The van der Waals surface area contributed by atoms with Gasteiger partial charge in [-0.3, -0.25) is 4.79 Å². The molecule has 0 spiro atoms. The summed E-state index contributed by atoms with van der Waals surface area (Å²) < 4.78 is 5.60. The lowest BCUT2D eigenvalue weighted by Crippen LogP contribution is -2.46. The first-order chi connectivity index (χ1) is 13.1. The lowest BCUT2D eigenvalue weighted by Gasteiger charge is -2.35. The molecule has 3 rings (SSSR count). The van der Waals surface area contributed by atoms with E-state index in [1.165, 1.54) is 30.4 Å². The van der Waals surface area contributed by atoms with E-state index in [2.05, 4.69) is 42.3 Å². The number of carbonyl (C=O) groups is 1. The maximum atomic E-state index is 12.7. The van der Waals surface area contributed by atoms with Gasteiger partial charge in [-0.05, 0) is 43.2 Å². The third-order valence-electron chi connectivity index (χ3n) is 6.32. The molecule has 4 heteroatoms. The SMILES string of the molecule is COc1cc(C(C)C)ccc1CNC1CCN(C(=O)C2CCCCC2)CC1. The fraction of sp³-hybridized carbons (Fsp3) is 0.696. The predicted octanol–water partition coefficient (Wildman–Crippen LogP) is 4.48. The van der Waals surface area contributed by atoms with Crippen molar-refractivity contribution in [2.45, 2.75) is 77.3 Å². The number of benzene rings is 1. The van der Waals surface area contributed by atoms with Gasteiger partial charge in [0, 0.05) is 37.2 Å². The van der Waals surface area contributed by atoms with Crippen LogP contribution in [0.5, 0.6) is 5.75 Å². The summed E-state index contributed by atoms with van der Waals surface area (Å²) in [6, 6.07) is 7.03. The highest BCUT2D eigenvalue weighted by atomic mass is 16.5. The number of nitrogens with zero attached hydrogens (tertiary/aromatic N) is 1. The van der Waals surface area contributed by atoms with Gasteiger partial charge in [0.25, 0.3) is 0 Å². The summed E-state index contributed by atoms with van der Waals surface area (Å²) in [4.78, 5) is 14.8. The number of rotatable bonds is 6. The summed E-state index contributed by atoms with van der Waals surface area (Å²) in [5.74, 6) is 2.19. The highest BCUT2D eigenvalue weighted by molar-refractivity contribution is 5.79. The van der Waals surface area contributed by atoms with E-state index in [1.54, 1.807) is 7.11 Å². The topological polar surface area (TPSA) is 41.6 Å². The molecule has 1 aromatic carbocycles. The first kappa shape index (κ1) is 20.2. The van der Waals surface area contributed by atoms with Crippen LogP contribution in [0.15, 0.2) is 18.2 Å². The number of ether oxygens (including phenoxy) is 1. The first-order valence-corrected chi connectivity index (χ1v) is 10.8. The van der Waals surface area contributed by atoms with Gasteiger partial charge in [-0.15, -0.1) is 0 Å². The molecule has 0 radical (unpaired) electrons. The van der Waals surface area contributed by atoms with Gasteiger partial charge in [0.15, 0.2) is 0 Å². The zero-order chi connectivity index (χ0) is 19.2. The second-order valence-electron chi connectivity index (χ2n) is 8.54. The molecule has 2 aliphatic rings. The normalized spacial score (nSPS) is 19.5. The Labute approximate surface area is 164 Å². The number of nitrogens with one attached hydrogen (secondary N) is 1. The molecule has 0 unspecified atom stereocenters. The highest BCUT2D eigenvalue weighted by Gasteiger charge is 2.29. The zero-order valence-electron chi connectivity index (χ0n) is 17.3. The molecular weight excluding hydrogens is 336 g/mol. The summed E-state index contributed by atoms with van der Waals surface area (Å²) >= 11 is 0. The van der Waals surface area contributed by atoms with Crippen molar-refractivity contribution < 1.29 is 9.53 Å². The monoisotopic (exact) mass is 372 g/mol. The molecule has 1 N–H and O–H groups in total. The quantitative estimate of drug-likeness (QED) is 0.800. The molecule has 0 bridgehead atoms. The summed E-state index contributed by atoms with van der Waals surface area (Å²) in [7, 11) is 1.75. The summed E-state index contributed by atoms with van der Waals surface area (Å²) in [6.45, 7) is 7.03. The van der Waals surface area contributed by atoms with E-state index in [0.29, 0.717) is 23.8 Å². The Bertz CT molecular complexity index is 615. The number of hydrogen-bond acceptors (Lipinski definition) is 3. The standard InChI is InChI=1S/C23H36N2O2/c1-17(2)19-9-10-20(22(15-19)27-3)16-24-21-11-13-25(14-12-21)23(26)18-7-5-4-6-8-18/h9-10,15,17-18,21,24H,4-8,11-14,16H2,1-3H3. The number of amides is 1. The van der Waals surface area contributed by atoms with E-state index in [-0.39, 0.29) is 0 Å². The van der Waals surface area contributed by atoms with Crippen LogP contribution in [0.3, 0.4) is 0 Å². The maximum Gasteiger partial charge on any atom is 0.225 e.